The zero-order chi connectivity index (χ0) is 7.49. The highest BCUT2D eigenvalue weighted by Gasteiger charge is 2.25. The van der Waals surface area contributed by atoms with Gasteiger partial charge in [-0.25, -0.2) is 0 Å². The molecule has 0 nitrogen and oxygen atoms in total. The summed E-state index contributed by atoms with van der Waals surface area (Å²) in [5.74, 6) is 0. The zero-order valence-electron chi connectivity index (χ0n) is 6.04. The SMILES string of the molecule is CC(C)=CC[Si](C)(F)F. The van der Waals surface area contributed by atoms with E-state index in [-0.39, 0.29) is 6.04 Å². The van der Waals surface area contributed by atoms with E-state index in [4.69, 9.17) is 0 Å². The zero-order valence-corrected chi connectivity index (χ0v) is 7.04. The van der Waals surface area contributed by atoms with Gasteiger partial charge in [0.25, 0.3) is 0 Å². The van der Waals surface area contributed by atoms with Crippen molar-refractivity contribution in [3.8, 4) is 0 Å². The Balaban J connectivity index is 3.64. The van der Waals surface area contributed by atoms with Crippen LogP contribution in [-0.4, -0.2) is 8.74 Å². The second-order valence-electron chi connectivity index (χ2n) is 2.56. The molecule has 0 aromatic carbocycles. The van der Waals surface area contributed by atoms with E-state index >= 15 is 0 Å². The molecule has 0 aliphatic carbocycles. The van der Waals surface area contributed by atoms with Crippen LogP contribution < -0.4 is 0 Å². The Morgan fingerprint density at radius 1 is 1.44 bits per heavy atom. The third-order valence-electron chi connectivity index (χ3n) is 0.869. The molecule has 0 atom stereocenters. The molecule has 0 rings (SSSR count). The molecule has 0 saturated heterocycles. The van der Waals surface area contributed by atoms with Crippen LogP contribution in [0.5, 0.6) is 0 Å². The number of halogens is 2. The van der Waals surface area contributed by atoms with E-state index in [1.54, 1.807) is 6.08 Å². The molecule has 9 heavy (non-hydrogen) atoms. The third kappa shape index (κ3) is 7.82. The molecule has 0 amide bonds. The van der Waals surface area contributed by atoms with Crippen molar-refractivity contribution in [2.24, 2.45) is 0 Å². The molecule has 0 saturated carbocycles. The monoisotopic (exact) mass is 150 g/mol. The summed E-state index contributed by atoms with van der Waals surface area (Å²) in [6.07, 6.45) is 1.60. The van der Waals surface area contributed by atoms with Gasteiger partial charge in [-0.05, 0) is 20.4 Å². The summed E-state index contributed by atoms with van der Waals surface area (Å²) in [5.41, 5.74) is 0.976. The van der Waals surface area contributed by atoms with Crippen molar-refractivity contribution in [1.29, 1.82) is 0 Å². The van der Waals surface area contributed by atoms with E-state index in [1.165, 1.54) is 0 Å². The van der Waals surface area contributed by atoms with Gasteiger partial charge in [-0.2, -0.15) is 0 Å². The molecule has 0 N–H and O–H groups in total. The van der Waals surface area contributed by atoms with Crippen LogP contribution in [0.15, 0.2) is 11.6 Å². The Labute approximate surface area is 55.9 Å². The molecule has 0 aromatic rings. The van der Waals surface area contributed by atoms with Crippen LogP contribution in [0.3, 0.4) is 0 Å². The minimum Gasteiger partial charge on any atom is -0.270 e. The lowest BCUT2D eigenvalue weighted by atomic mass is 10.3. The lowest BCUT2D eigenvalue weighted by molar-refractivity contribution is 0.618. The van der Waals surface area contributed by atoms with Gasteiger partial charge in [0.05, 0.1) is 0 Å². The van der Waals surface area contributed by atoms with Crippen molar-refractivity contribution < 1.29 is 8.22 Å². The van der Waals surface area contributed by atoms with E-state index < -0.39 is 8.74 Å². The first kappa shape index (κ1) is 8.82. The Morgan fingerprint density at radius 3 is 2.00 bits per heavy atom. The van der Waals surface area contributed by atoms with Crippen LogP contribution in [0.2, 0.25) is 12.6 Å². The fourth-order valence-electron chi connectivity index (χ4n) is 0.383. The maximum Gasteiger partial charge on any atom is 0.425 e. The van der Waals surface area contributed by atoms with Gasteiger partial charge < -0.3 is 0 Å². The molecule has 0 bridgehead atoms. The van der Waals surface area contributed by atoms with Crippen molar-refractivity contribution in [3.05, 3.63) is 11.6 Å². The molecule has 0 heterocycles. The Kier molecular flexibility index (Phi) is 3.04. The van der Waals surface area contributed by atoms with Gasteiger partial charge in [-0.3, -0.25) is 8.22 Å². The first-order chi connectivity index (χ1) is 3.92. The average Bonchev–Trinajstić information content (AvgIpc) is 1.59. The van der Waals surface area contributed by atoms with Crippen LogP contribution >= 0.6 is 0 Å². The molecule has 54 valence electrons. The van der Waals surface area contributed by atoms with Crippen LogP contribution in [0.4, 0.5) is 8.22 Å². The van der Waals surface area contributed by atoms with Crippen molar-refractivity contribution in [1.82, 2.24) is 0 Å². The Morgan fingerprint density at radius 2 is 1.89 bits per heavy atom. The molecule has 3 heteroatoms. The lowest BCUT2D eigenvalue weighted by Gasteiger charge is -2.00. The molecule has 0 radical (unpaired) electrons. The highest BCUT2D eigenvalue weighted by atomic mass is 28.4. The summed E-state index contributed by atoms with van der Waals surface area (Å²) < 4.78 is 24.4. The maximum absolute atomic E-state index is 12.2. The predicted octanol–water partition coefficient (Wildman–Crippen LogP) is 2.96. The summed E-state index contributed by atoms with van der Waals surface area (Å²) in [6, 6.07) is -0.00463. The number of hydrogen-bond donors (Lipinski definition) is 0. The van der Waals surface area contributed by atoms with Gasteiger partial charge in [-0.1, -0.05) is 11.6 Å². The second-order valence-corrected chi connectivity index (χ2v) is 5.10. The average molecular weight is 150 g/mol. The first-order valence-electron chi connectivity index (χ1n) is 2.93. The van der Waals surface area contributed by atoms with Gasteiger partial charge in [0.2, 0.25) is 0 Å². The topological polar surface area (TPSA) is 0 Å². The Hall–Kier alpha value is -0.183. The van der Waals surface area contributed by atoms with Crippen LogP contribution in [-0.2, 0) is 0 Å². The van der Waals surface area contributed by atoms with Crippen molar-refractivity contribution in [2.45, 2.75) is 26.4 Å². The van der Waals surface area contributed by atoms with Crippen molar-refractivity contribution >= 4 is 8.74 Å². The van der Waals surface area contributed by atoms with Gasteiger partial charge >= 0.3 is 8.74 Å². The summed E-state index contributed by atoms with van der Waals surface area (Å²) in [5, 5.41) is 0. The Bertz CT molecular complexity index is 109. The molecule has 0 aromatic heterocycles. The van der Waals surface area contributed by atoms with E-state index in [1.807, 2.05) is 13.8 Å². The van der Waals surface area contributed by atoms with Gasteiger partial charge in [0.1, 0.15) is 0 Å². The van der Waals surface area contributed by atoms with Crippen LogP contribution in [0, 0.1) is 0 Å². The van der Waals surface area contributed by atoms with E-state index in [0.29, 0.717) is 0 Å². The molecule has 0 spiro atoms. The molecule has 0 aliphatic rings. The minimum absolute atomic E-state index is 0.00463. The second kappa shape index (κ2) is 3.10. The molecule has 0 fully saturated rings. The van der Waals surface area contributed by atoms with E-state index in [0.717, 1.165) is 12.1 Å². The van der Waals surface area contributed by atoms with Gasteiger partial charge in [0, 0.05) is 6.04 Å². The van der Waals surface area contributed by atoms with Gasteiger partial charge in [-0.15, -0.1) is 0 Å². The quantitative estimate of drug-likeness (QED) is 0.322. The third-order valence-corrected chi connectivity index (χ3v) is 1.79. The predicted molar refractivity (Wildman–Crippen MR) is 38.1 cm³/mol. The van der Waals surface area contributed by atoms with Gasteiger partial charge in [0.15, 0.2) is 0 Å². The highest BCUT2D eigenvalue weighted by molar-refractivity contribution is 6.65. The van der Waals surface area contributed by atoms with Crippen molar-refractivity contribution in [3.63, 3.8) is 0 Å². The maximum atomic E-state index is 12.2. The number of rotatable bonds is 2. The standard InChI is InChI=1S/C6H12F2Si/c1-6(2)4-5-9(3,7)8/h4H,5H2,1-3H3. The summed E-state index contributed by atoms with van der Waals surface area (Å²) in [7, 11) is -3.80. The molecule has 0 unspecified atom stereocenters. The number of hydrogen-bond acceptors (Lipinski definition) is 0. The minimum atomic E-state index is -3.80. The van der Waals surface area contributed by atoms with Crippen LogP contribution in [0.25, 0.3) is 0 Å². The summed E-state index contributed by atoms with van der Waals surface area (Å²) in [4.78, 5) is 0. The number of allylic oxidation sites excluding steroid dienone is 2. The smallest absolute Gasteiger partial charge is 0.270 e. The first-order valence-corrected chi connectivity index (χ1v) is 5.39. The molecular weight excluding hydrogens is 138 g/mol. The summed E-state index contributed by atoms with van der Waals surface area (Å²) >= 11 is 0. The molecule has 0 aliphatic heterocycles. The fraction of sp³-hybridized carbons (Fsp3) is 0.667. The fourth-order valence-corrected chi connectivity index (χ4v) is 1.15. The normalized spacial score (nSPS) is 11.2. The van der Waals surface area contributed by atoms with Crippen LogP contribution in [0.1, 0.15) is 13.8 Å². The van der Waals surface area contributed by atoms with Crippen molar-refractivity contribution in [2.75, 3.05) is 0 Å². The van der Waals surface area contributed by atoms with E-state index in [9.17, 15) is 8.22 Å². The largest absolute Gasteiger partial charge is 0.425 e. The summed E-state index contributed by atoms with van der Waals surface area (Å²) in [6.45, 7) is 4.73. The highest BCUT2D eigenvalue weighted by Crippen LogP contribution is 2.13. The molecular formula is C6H12F2Si. The van der Waals surface area contributed by atoms with E-state index in [2.05, 4.69) is 0 Å². The lowest BCUT2D eigenvalue weighted by Crippen LogP contribution is -2.13.